The second-order valence-electron chi connectivity index (χ2n) is 5.45. The third kappa shape index (κ3) is 2.95. The highest BCUT2D eigenvalue weighted by Gasteiger charge is 2.29. The summed E-state index contributed by atoms with van der Waals surface area (Å²) in [6, 6.07) is 0.868. The average molecular weight is 344 g/mol. The zero-order valence-electron chi connectivity index (χ0n) is 13.2. The highest BCUT2D eigenvalue weighted by molar-refractivity contribution is 5.89. The number of fused-ring (bicyclic) bond motifs is 1. The van der Waals surface area contributed by atoms with E-state index in [4.69, 9.17) is 18.7 Å². The first-order valence-electron chi connectivity index (χ1n) is 7.47. The number of ether oxygens (including phenoxy) is 3. The number of hydrogen-bond acceptors (Lipinski definition) is 7. The molecule has 0 spiro atoms. The maximum atomic E-state index is 14.2. The Kier molecular flexibility index (Phi) is 4.95. The molecule has 2 heterocycles. The van der Waals surface area contributed by atoms with Crippen molar-refractivity contribution in [3.05, 3.63) is 23.3 Å². The van der Waals surface area contributed by atoms with Gasteiger partial charge in [-0.3, -0.25) is 0 Å². The molecule has 1 fully saturated rings. The number of nitrogens with one attached hydrogen (secondary N) is 1. The van der Waals surface area contributed by atoms with Gasteiger partial charge in [-0.25, -0.2) is 4.39 Å². The Hall–Kier alpha value is -1.81. The normalized spacial score (nSPS) is 18.2. The highest BCUT2D eigenvalue weighted by atomic mass is 19.2. The van der Waals surface area contributed by atoms with Crippen LogP contribution in [-0.2, 0) is 14.2 Å². The lowest BCUT2D eigenvalue weighted by Crippen LogP contribution is -2.36. The molecule has 1 aliphatic rings. The Labute approximate surface area is 136 Å². The van der Waals surface area contributed by atoms with E-state index in [-0.39, 0.29) is 35.1 Å². The van der Waals surface area contributed by atoms with Gasteiger partial charge in [-0.2, -0.15) is 4.39 Å². The minimum Gasteiger partial charge on any atom is -0.394 e. The molecule has 2 N–H and O–H groups in total. The summed E-state index contributed by atoms with van der Waals surface area (Å²) < 4.78 is 49.0. The van der Waals surface area contributed by atoms with Crippen molar-refractivity contribution < 1.29 is 32.6 Å². The van der Waals surface area contributed by atoms with Gasteiger partial charge in [0.15, 0.2) is 17.9 Å². The van der Waals surface area contributed by atoms with Gasteiger partial charge in [0, 0.05) is 12.7 Å². The Balaban J connectivity index is 2.00. The number of anilines is 1. The smallest absolute Gasteiger partial charge is 0.207 e. The van der Waals surface area contributed by atoms with Crippen molar-refractivity contribution in [3.63, 3.8) is 0 Å². The number of rotatable bonds is 6. The SMILES string of the molecule is CO[C@H](C)[C@@H](CO)Nc1noc2c(F)c(F)c(C3OCCO3)cc12. The fourth-order valence-electron chi connectivity index (χ4n) is 2.50. The molecule has 7 nitrogen and oxygen atoms in total. The fraction of sp³-hybridized carbons (Fsp3) is 0.533. The summed E-state index contributed by atoms with van der Waals surface area (Å²) in [5.41, 5.74) is -0.386. The zero-order chi connectivity index (χ0) is 17.3. The Bertz CT molecular complexity index is 717. The average Bonchev–Trinajstić information content (AvgIpc) is 3.25. The number of methoxy groups -OCH3 is 1. The summed E-state index contributed by atoms with van der Waals surface area (Å²) in [6.07, 6.45) is -1.31. The molecule has 132 valence electrons. The Morgan fingerprint density at radius 3 is 2.71 bits per heavy atom. The number of benzene rings is 1. The van der Waals surface area contributed by atoms with Crippen molar-refractivity contribution in [2.45, 2.75) is 25.4 Å². The van der Waals surface area contributed by atoms with E-state index in [0.717, 1.165) is 0 Å². The number of halogens is 2. The van der Waals surface area contributed by atoms with Crippen molar-refractivity contribution in [2.24, 2.45) is 0 Å². The first kappa shape index (κ1) is 17.0. The van der Waals surface area contributed by atoms with Crippen LogP contribution in [0.3, 0.4) is 0 Å². The number of aromatic nitrogens is 1. The summed E-state index contributed by atoms with van der Waals surface area (Å²) in [6.45, 7) is 2.11. The minimum absolute atomic E-state index is 0.0657. The predicted octanol–water partition coefficient (Wildman–Crippen LogP) is 1.96. The van der Waals surface area contributed by atoms with E-state index in [9.17, 15) is 13.9 Å². The number of aliphatic hydroxyl groups is 1. The molecule has 3 rings (SSSR count). The predicted molar refractivity (Wildman–Crippen MR) is 79.5 cm³/mol. The molecule has 0 saturated carbocycles. The quantitative estimate of drug-likeness (QED) is 0.828. The van der Waals surface area contributed by atoms with Gasteiger partial charge in [0.25, 0.3) is 0 Å². The van der Waals surface area contributed by atoms with Crippen LogP contribution in [0, 0.1) is 11.6 Å². The van der Waals surface area contributed by atoms with Gasteiger partial charge in [-0.1, -0.05) is 5.16 Å². The molecule has 24 heavy (non-hydrogen) atoms. The van der Waals surface area contributed by atoms with Crippen LogP contribution in [0.5, 0.6) is 0 Å². The molecule has 0 radical (unpaired) electrons. The number of nitrogens with zero attached hydrogens (tertiary/aromatic N) is 1. The fourth-order valence-corrected chi connectivity index (χ4v) is 2.50. The van der Waals surface area contributed by atoms with Crippen LogP contribution in [0.4, 0.5) is 14.6 Å². The van der Waals surface area contributed by atoms with Crippen LogP contribution < -0.4 is 5.32 Å². The summed E-state index contributed by atoms with van der Waals surface area (Å²) in [7, 11) is 1.50. The molecule has 0 bridgehead atoms. The van der Waals surface area contributed by atoms with Crippen LogP contribution >= 0.6 is 0 Å². The Morgan fingerprint density at radius 1 is 1.38 bits per heavy atom. The van der Waals surface area contributed by atoms with Gasteiger partial charge in [0.2, 0.25) is 11.4 Å². The van der Waals surface area contributed by atoms with Gasteiger partial charge in [0.1, 0.15) is 0 Å². The van der Waals surface area contributed by atoms with Crippen LogP contribution in [0.1, 0.15) is 18.8 Å². The molecule has 0 aliphatic carbocycles. The second-order valence-corrected chi connectivity index (χ2v) is 5.45. The van der Waals surface area contributed by atoms with Gasteiger partial charge in [-0.05, 0) is 13.0 Å². The lowest BCUT2D eigenvalue weighted by atomic mass is 10.1. The number of hydrogen-bond donors (Lipinski definition) is 2. The molecule has 1 aliphatic heterocycles. The molecule has 0 unspecified atom stereocenters. The molecule has 2 atom stereocenters. The third-order valence-electron chi connectivity index (χ3n) is 4.01. The molecule has 2 aromatic rings. The van der Waals surface area contributed by atoms with E-state index >= 15 is 0 Å². The van der Waals surface area contributed by atoms with E-state index < -0.39 is 24.0 Å². The molecule has 0 amide bonds. The second kappa shape index (κ2) is 6.98. The minimum atomic E-state index is -1.16. The van der Waals surface area contributed by atoms with Crippen molar-refractivity contribution in [1.82, 2.24) is 5.16 Å². The van der Waals surface area contributed by atoms with Crippen LogP contribution in [0.2, 0.25) is 0 Å². The Morgan fingerprint density at radius 2 is 2.08 bits per heavy atom. The first-order valence-corrected chi connectivity index (χ1v) is 7.47. The number of aliphatic hydroxyl groups excluding tert-OH is 1. The van der Waals surface area contributed by atoms with Crippen LogP contribution in [0.15, 0.2) is 10.6 Å². The highest BCUT2D eigenvalue weighted by Crippen LogP contribution is 2.34. The molecule has 9 heteroatoms. The molecule has 1 aromatic heterocycles. The standard InChI is InChI=1S/C15H18F2N2O5/c1-7(21-2)10(6-20)18-14-9-5-8(15-22-3-4-23-15)11(16)12(17)13(9)24-19-14/h5,7,10,15,20H,3-4,6H2,1-2H3,(H,18,19)/t7-,10-/m1/s1. The first-order chi connectivity index (χ1) is 11.6. The van der Waals surface area contributed by atoms with Crippen molar-refractivity contribution >= 4 is 16.8 Å². The molecular formula is C15H18F2N2O5. The van der Waals surface area contributed by atoms with Crippen LogP contribution in [0.25, 0.3) is 11.0 Å². The van der Waals surface area contributed by atoms with E-state index in [1.54, 1.807) is 6.92 Å². The largest absolute Gasteiger partial charge is 0.394 e. The molecular weight excluding hydrogens is 326 g/mol. The third-order valence-corrected chi connectivity index (χ3v) is 4.01. The zero-order valence-corrected chi connectivity index (χ0v) is 13.2. The van der Waals surface area contributed by atoms with E-state index in [2.05, 4.69) is 10.5 Å². The van der Waals surface area contributed by atoms with Crippen LogP contribution in [-0.4, -0.2) is 49.3 Å². The van der Waals surface area contributed by atoms with Crippen molar-refractivity contribution in [1.29, 1.82) is 0 Å². The van der Waals surface area contributed by atoms with E-state index in [1.807, 2.05) is 0 Å². The van der Waals surface area contributed by atoms with Gasteiger partial charge in [-0.15, -0.1) is 0 Å². The topological polar surface area (TPSA) is 86.0 Å². The van der Waals surface area contributed by atoms with E-state index in [1.165, 1.54) is 13.2 Å². The molecule has 1 saturated heterocycles. The summed E-state index contributed by atoms with van der Waals surface area (Å²) in [5.74, 6) is -2.09. The van der Waals surface area contributed by atoms with Gasteiger partial charge >= 0.3 is 0 Å². The summed E-state index contributed by atoms with van der Waals surface area (Å²) >= 11 is 0. The monoisotopic (exact) mass is 344 g/mol. The van der Waals surface area contributed by atoms with E-state index in [0.29, 0.717) is 13.2 Å². The summed E-state index contributed by atoms with van der Waals surface area (Å²) in [4.78, 5) is 0. The summed E-state index contributed by atoms with van der Waals surface area (Å²) in [5, 5.41) is 16.3. The van der Waals surface area contributed by atoms with Gasteiger partial charge < -0.3 is 29.2 Å². The maximum absolute atomic E-state index is 14.2. The van der Waals surface area contributed by atoms with Crippen molar-refractivity contribution in [3.8, 4) is 0 Å². The maximum Gasteiger partial charge on any atom is 0.207 e. The van der Waals surface area contributed by atoms with Crippen molar-refractivity contribution in [2.75, 3.05) is 32.2 Å². The molecule has 1 aromatic carbocycles. The lowest BCUT2D eigenvalue weighted by molar-refractivity contribution is -0.0467. The van der Waals surface area contributed by atoms with Gasteiger partial charge in [0.05, 0.1) is 37.4 Å². The lowest BCUT2D eigenvalue weighted by Gasteiger charge is -2.21.